The number of aryl methyl sites for hydroxylation is 1. The van der Waals surface area contributed by atoms with Crippen molar-refractivity contribution in [1.29, 1.82) is 0 Å². The van der Waals surface area contributed by atoms with Crippen LogP contribution in [0.3, 0.4) is 0 Å². The molecule has 32 heavy (non-hydrogen) atoms. The van der Waals surface area contributed by atoms with Gasteiger partial charge in [0, 0.05) is 18.3 Å². The van der Waals surface area contributed by atoms with E-state index >= 15 is 0 Å². The Bertz CT molecular complexity index is 1290. The van der Waals surface area contributed by atoms with Crippen LogP contribution in [-0.2, 0) is 11.2 Å². The number of amidine groups is 1. The molecule has 1 N–H and O–H groups in total. The molecule has 5 rings (SSSR count). The topological polar surface area (TPSA) is 48.5 Å². The van der Waals surface area contributed by atoms with E-state index in [9.17, 15) is 4.79 Å². The molecule has 0 aliphatic carbocycles. The second kappa shape index (κ2) is 9.28. The van der Waals surface area contributed by atoms with Crippen LogP contribution in [-0.4, -0.2) is 27.5 Å². The SMILES string of the molecule is O=C1C(=Cc2ccc3[nH]ccc3c2)SC(=Nc2ccccc2)N1CCCc1ccccc1. The number of aromatic nitrogens is 1. The average Bonchev–Trinajstić information content (AvgIpc) is 3.40. The number of fused-ring (bicyclic) bond motifs is 1. The number of carbonyl (C=O) groups excluding carboxylic acids is 1. The molecule has 3 aromatic carbocycles. The largest absolute Gasteiger partial charge is 0.361 e. The molecule has 0 bridgehead atoms. The van der Waals surface area contributed by atoms with Gasteiger partial charge in [0.25, 0.3) is 5.91 Å². The third-order valence-corrected chi connectivity index (χ3v) is 6.44. The van der Waals surface area contributed by atoms with E-state index in [1.54, 1.807) is 0 Å². The second-order valence-corrected chi connectivity index (χ2v) is 8.72. The van der Waals surface area contributed by atoms with Crippen LogP contribution in [0.5, 0.6) is 0 Å². The number of amides is 1. The lowest BCUT2D eigenvalue weighted by Gasteiger charge is -2.15. The Morgan fingerprint density at radius 2 is 1.72 bits per heavy atom. The molecule has 0 spiro atoms. The molecule has 1 aliphatic heterocycles. The summed E-state index contributed by atoms with van der Waals surface area (Å²) in [6.07, 6.45) is 5.71. The highest BCUT2D eigenvalue weighted by Crippen LogP contribution is 2.34. The zero-order valence-electron chi connectivity index (χ0n) is 17.6. The highest BCUT2D eigenvalue weighted by Gasteiger charge is 2.33. The quantitative estimate of drug-likeness (QED) is 0.355. The van der Waals surface area contributed by atoms with E-state index in [1.807, 2.05) is 71.8 Å². The van der Waals surface area contributed by atoms with E-state index in [1.165, 1.54) is 17.3 Å². The van der Waals surface area contributed by atoms with Crippen molar-refractivity contribution in [2.45, 2.75) is 12.8 Å². The van der Waals surface area contributed by atoms with Gasteiger partial charge in [-0.05, 0) is 77.5 Å². The number of nitrogens with zero attached hydrogens (tertiary/aromatic N) is 2. The molecular weight excluding hydrogens is 414 g/mol. The normalized spacial score (nSPS) is 16.5. The molecule has 0 saturated carbocycles. The first kappa shape index (κ1) is 20.3. The third kappa shape index (κ3) is 4.53. The van der Waals surface area contributed by atoms with Crippen LogP contribution in [0.25, 0.3) is 17.0 Å². The predicted octanol–water partition coefficient (Wildman–Crippen LogP) is 6.40. The van der Waals surface area contributed by atoms with Gasteiger partial charge in [-0.3, -0.25) is 9.69 Å². The molecule has 4 aromatic rings. The summed E-state index contributed by atoms with van der Waals surface area (Å²) >= 11 is 1.45. The van der Waals surface area contributed by atoms with Crippen LogP contribution >= 0.6 is 11.8 Å². The molecule has 2 heterocycles. The first-order chi connectivity index (χ1) is 15.8. The number of aromatic amines is 1. The van der Waals surface area contributed by atoms with E-state index in [-0.39, 0.29) is 5.91 Å². The maximum atomic E-state index is 13.3. The van der Waals surface area contributed by atoms with Gasteiger partial charge < -0.3 is 4.98 Å². The predicted molar refractivity (Wildman–Crippen MR) is 134 cm³/mol. The number of hydrogen-bond acceptors (Lipinski definition) is 3. The lowest BCUT2D eigenvalue weighted by atomic mass is 10.1. The summed E-state index contributed by atoms with van der Waals surface area (Å²) in [6, 6.07) is 28.4. The second-order valence-electron chi connectivity index (χ2n) is 7.71. The van der Waals surface area contributed by atoms with Crippen LogP contribution in [0.15, 0.2) is 101 Å². The van der Waals surface area contributed by atoms with Gasteiger partial charge in [0.05, 0.1) is 10.6 Å². The molecule has 1 aliphatic rings. The summed E-state index contributed by atoms with van der Waals surface area (Å²) < 4.78 is 0. The van der Waals surface area contributed by atoms with Crippen LogP contribution in [0, 0.1) is 0 Å². The van der Waals surface area contributed by atoms with E-state index in [2.05, 4.69) is 35.3 Å². The summed E-state index contributed by atoms with van der Waals surface area (Å²) in [6.45, 7) is 0.639. The molecule has 1 saturated heterocycles. The highest BCUT2D eigenvalue weighted by atomic mass is 32.2. The molecule has 1 aromatic heterocycles. The fourth-order valence-electron chi connectivity index (χ4n) is 3.80. The Morgan fingerprint density at radius 1 is 0.938 bits per heavy atom. The van der Waals surface area contributed by atoms with Crippen molar-refractivity contribution in [1.82, 2.24) is 9.88 Å². The molecule has 0 radical (unpaired) electrons. The minimum absolute atomic E-state index is 0.0203. The summed E-state index contributed by atoms with van der Waals surface area (Å²) in [7, 11) is 0. The standard InChI is InChI=1S/C27H23N3OS/c31-26-25(19-21-13-14-24-22(18-21)15-16-28-24)32-27(29-23-11-5-2-6-12-23)30(26)17-7-10-20-8-3-1-4-9-20/h1-6,8-9,11-16,18-19,28H,7,10,17H2. The number of benzene rings is 3. The number of rotatable bonds is 6. The lowest BCUT2D eigenvalue weighted by molar-refractivity contribution is -0.122. The molecular formula is C27H23N3OS. The van der Waals surface area contributed by atoms with Gasteiger partial charge in [-0.25, -0.2) is 4.99 Å². The first-order valence-corrected chi connectivity index (χ1v) is 11.5. The van der Waals surface area contributed by atoms with Crippen LogP contribution in [0.4, 0.5) is 5.69 Å². The number of hydrogen-bond donors (Lipinski definition) is 1. The maximum Gasteiger partial charge on any atom is 0.266 e. The molecule has 1 amide bonds. The van der Waals surface area contributed by atoms with Crippen molar-refractivity contribution >= 4 is 45.5 Å². The number of carbonyl (C=O) groups is 1. The minimum atomic E-state index is 0.0203. The summed E-state index contributed by atoms with van der Waals surface area (Å²) in [5.41, 5.74) is 4.24. The average molecular weight is 438 g/mol. The van der Waals surface area contributed by atoms with Gasteiger partial charge in [-0.15, -0.1) is 0 Å². The van der Waals surface area contributed by atoms with Gasteiger partial charge in [0.15, 0.2) is 5.17 Å². The van der Waals surface area contributed by atoms with Crippen LogP contribution in [0.1, 0.15) is 17.5 Å². The molecule has 158 valence electrons. The maximum absolute atomic E-state index is 13.3. The van der Waals surface area contributed by atoms with E-state index in [4.69, 9.17) is 4.99 Å². The van der Waals surface area contributed by atoms with E-state index < -0.39 is 0 Å². The zero-order chi connectivity index (χ0) is 21.8. The van der Waals surface area contributed by atoms with Crippen molar-refractivity contribution in [3.8, 4) is 0 Å². The Hall–Kier alpha value is -3.57. The van der Waals surface area contributed by atoms with Gasteiger partial charge in [0.2, 0.25) is 0 Å². The molecule has 0 unspecified atom stereocenters. The molecule has 5 heteroatoms. The van der Waals surface area contributed by atoms with Gasteiger partial charge in [-0.2, -0.15) is 0 Å². The number of aliphatic imine (C=N–C) groups is 1. The Kier molecular flexibility index (Phi) is 5.90. The third-order valence-electron chi connectivity index (χ3n) is 5.43. The van der Waals surface area contributed by atoms with Crippen molar-refractivity contribution in [3.63, 3.8) is 0 Å². The van der Waals surface area contributed by atoms with Crippen molar-refractivity contribution in [2.75, 3.05) is 6.54 Å². The van der Waals surface area contributed by atoms with Gasteiger partial charge in [0.1, 0.15) is 0 Å². The minimum Gasteiger partial charge on any atom is -0.361 e. The van der Waals surface area contributed by atoms with Crippen LogP contribution < -0.4 is 0 Å². The Morgan fingerprint density at radius 3 is 2.53 bits per heavy atom. The van der Waals surface area contributed by atoms with Crippen molar-refractivity contribution < 1.29 is 4.79 Å². The molecule has 1 fully saturated rings. The summed E-state index contributed by atoms with van der Waals surface area (Å²) in [5.74, 6) is 0.0203. The van der Waals surface area contributed by atoms with Gasteiger partial charge in [-0.1, -0.05) is 54.6 Å². The Balaban J connectivity index is 1.40. The lowest BCUT2D eigenvalue weighted by Crippen LogP contribution is -2.30. The summed E-state index contributed by atoms with van der Waals surface area (Å²) in [5, 5.41) is 1.87. The number of para-hydroxylation sites is 1. The monoisotopic (exact) mass is 437 g/mol. The van der Waals surface area contributed by atoms with E-state index in [0.29, 0.717) is 11.4 Å². The fourth-order valence-corrected chi connectivity index (χ4v) is 4.83. The Labute approximate surface area is 191 Å². The zero-order valence-corrected chi connectivity index (χ0v) is 18.4. The number of nitrogens with one attached hydrogen (secondary N) is 1. The highest BCUT2D eigenvalue weighted by molar-refractivity contribution is 8.18. The van der Waals surface area contributed by atoms with Gasteiger partial charge >= 0.3 is 0 Å². The number of thioether (sulfide) groups is 1. The van der Waals surface area contributed by atoms with Crippen molar-refractivity contribution in [2.24, 2.45) is 4.99 Å². The first-order valence-electron chi connectivity index (χ1n) is 10.7. The molecule has 0 atom stereocenters. The smallest absolute Gasteiger partial charge is 0.266 e. The van der Waals surface area contributed by atoms with Crippen LogP contribution in [0.2, 0.25) is 0 Å². The summed E-state index contributed by atoms with van der Waals surface area (Å²) in [4.78, 5) is 23.8. The fraction of sp³-hybridized carbons (Fsp3) is 0.111. The van der Waals surface area contributed by atoms with Crippen molar-refractivity contribution in [3.05, 3.63) is 107 Å². The number of H-pyrrole nitrogens is 1. The van der Waals surface area contributed by atoms with E-state index in [0.717, 1.165) is 40.2 Å². The molecule has 4 nitrogen and oxygen atoms in total.